The SMILES string of the molecule is Cl.O=C(CN1C(=O)COc2cc(Br)ccc21)NCCC1CCNC1. The number of amides is 2. The van der Waals surface area contributed by atoms with Crippen LogP contribution in [-0.4, -0.2) is 44.6 Å². The van der Waals surface area contributed by atoms with Gasteiger partial charge in [-0.15, -0.1) is 12.4 Å². The zero-order valence-corrected chi connectivity index (χ0v) is 15.6. The molecule has 24 heavy (non-hydrogen) atoms. The molecule has 0 saturated carbocycles. The average Bonchev–Trinajstić information content (AvgIpc) is 3.03. The van der Waals surface area contributed by atoms with E-state index >= 15 is 0 Å². The number of nitrogens with zero attached hydrogens (tertiary/aromatic N) is 1. The summed E-state index contributed by atoms with van der Waals surface area (Å²) < 4.78 is 6.29. The fourth-order valence-electron chi connectivity index (χ4n) is 2.93. The third-order valence-electron chi connectivity index (χ3n) is 4.20. The molecule has 1 fully saturated rings. The summed E-state index contributed by atoms with van der Waals surface area (Å²) >= 11 is 3.37. The number of carbonyl (C=O) groups excluding carboxylic acids is 2. The van der Waals surface area contributed by atoms with E-state index in [2.05, 4.69) is 26.6 Å². The minimum Gasteiger partial charge on any atom is -0.482 e. The summed E-state index contributed by atoms with van der Waals surface area (Å²) in [5.41, 5.74) is 0.639. The summed E-state index contributed by atoms with van der Waals surface area (Å²) in [7, 11) is 0. The number of benzene rings is 1. The lowest BCUT2D eigenvalue weighted by molar-refractivity contribution is -0.125. The predicted molar refractivity (Wildman–Crippen MR) is 97.8 cm³/mol. The summed E-state index contributed by atoms with van der Waals surface area (Å²) in [4.78, 5) is 25.7. The molecule has 2 aliphatic heterocycles. The standard InChI is InChI=1S/C16H20BrN3O3.ClH/c17-12-1-2-13-14(7-12)23-10-16(22)20(13)9-15(21)19-6-4-11-3-5-18-8-11;/h1-2,7,11,18H,3-6,8-10H2,(H,19,21);1H. The fraction of sp³-hybridized carbons (Fsp3) is 0.500. The molecule has 2 aliphatic rings. The Morgan fingerprint density at radius 3 is 3.04 bits per heavy atom. The molecular formula is C16H21BrClN3O3. The van der Waals surface area contributed by atoms with Gasteiger partial charge in [-0.25, -0.2) is 0 Å². The normalized spacial score (nSPS) is 19.3. The van der Waals surface area contributed by atoms with Crippen LogP contribution in [0.3, 0.4) is 0 Å². The zero-order valence-electron chi connectivity index (χ0n) is 13.2. The smallest absolute Gasteiger partial charge is 0.265 e. The van der Waals surface area contributed by atoms with Gasteiger partial charge in [-0.2, -0.15) is 0 Å². The average molecular weight is 419 g/mol. The molecule has 1 aromatic carbocycles. The number of rotatable bonds is 5. The van der Waals surface area contributed by atoms with Crippen LogP contribution in [0.1, 0.15) is 12.8 Å². The van der Waals surface area contributed by atoms with Crippen LogP contribution in [0, 0.1) is 5.92 Å². The lowest BCUT2D eigenvalue weighted by atomic mass is 10.1. The van der Waals surface area contributed by atoms with Gasteiger partial charge in [0.05, 0.1) is 5.69 Å². The number of halogens is 2. The molecule has 0 aromatic heterocycles. The van der Waals surface area contributed by atoms with Crippen LogP contribution in [0.15, 0.2) is 22.7 Å². The van der Waals surface area contributed by atoms with E-state index in [0.717, 1.165) is 24.0 Å². The highest BCUT2D eigenvalue weighted by molar-refractivity contribution is 9.10. The highest BCUT2D eigenvalue weighted by Crippen LogP contribution is 2.34. The van der Waals surface area contributed by atoms with E-state index in [1.807, 2.05) is 6.07 Å². The number of fused-ring (bicyclic) bond motifs is 1. The van der Waals surface area contributed by atoms with Crippen LogP contribution in [0.5, 0.6) is 5.75 Å². The van der Waals surface area contributed by atoms with E-state index in [4.69, 9.17) is 4.74 Å². The van der Waals surface area contributed by atoms with Gasteiger partial charge in [0.25, 0.3) is 5.91 Å². The monoisotopic (exact) mass is 417 g/mol. The number of ether oxygens (including phenoxy) is 1. The molecule has 0 aliphatic carbocycles. The largest absolute Gasteiger partial charge is 0.482 e. The van der Waals surface area contributed by atoms with Crippen LogP contribution in [-0.2, 0) is 9.59 Å². The molecular weight excluding hydrogens is 398 g/mol. The van der Waals surface area contributed by atoms with E-state index in [9.17, 15) is 9.59 Å². The van der Waals surface area contributed by atoms with Gasteiger partial charge in [-0.1, -0.05) is 15.9 Å². The molecule has 6 nitrogen and oxygen atoms in total. The quantitative estimate of drug-likeness (QED) is 0.764. The van der Waals surface area contributed by atoms with Crippen LogP contribution in [0.2, 0.25) is 0 Å². The Morgan fingerprint density at radius 2 is 2.29 bits per heavy atom. The van der Waals surface area contributed by atoms with E-state index in [1.165, 1.54) is 11.3 Å². The summed E-state index contributed by atoms with van der Waals surface area (Å²) in [6.07, 6.45) is 2.14. The van der Waals surface area contributed by atoms with Gasteiger partial charge in [-0.3, -0.25) is 14.5 Å². The zero-order chi connectivity index (χ0) is 16.2. The molecule has 132 valence electrons. The Hall–Kier alpha value is -1.31. The molecule has 0 radical (unpaired) electrons. The molecule has 3 rings (SSSR count). The van der Waals surface area contributed by atoms with Gasteiger partial charge in [0.2, 0.25) is 5.91 Å². The maximum absolute atomic E-state index is 12.1. The van der Waals surface area contributed by atoms with Crippen molar-refractivity contribution >= 4 is 45.8 Å². The van der Waals surface area contributed by atoms with Crippen LogP contribution in [0.4, 0.5) is 5.69 Å². The van der Waals surface area contributed by atoms with Gasteiger partial charge in [0.15, 0.2) is 6.61 Å². The minimum absolute atomic E-state index is 0. The van der Waals surface area contributed by atoms with Crippen molar-refractivity contribution in [1.82, 2.24) is 10.6 Å². The third-order valence-corrected chi connectivity index (χ3v) is 4.70. The van der Waals surface area contributed by atoms with Crippen LogP contribution in [0.25, 0.3) is 0 Å². The molecule has 1 saturated heterocycles. The Labute approximate surface area is 155 Å². The van der Waals surface area contributed by atoms with Gasteiger partial charge >= 0.3 is 0 Å². The van der Waals surface area contributed by atoms with Gasteiger partial charge in [-0.05, 0) is 50.0 Å². The Kier molecular flexibility index (Phi) is 6.89. The summed E-state index contributed by atoms with van der Waals surface area (Å²) in [6.45, 7) is 2.73. The van der Waals surface area contributed by atoms with Crippen molar-refractivity contribution < 1.29 is 14.3 Å². The van der Waals surface area contributed by atoms with Crippen molar-refractivity contribution in [1.29, 1.82) is 0 Å². The van der Waals surface area contributed by atoms with Crippen molar-refractivity contribution in [3.8, 4) is 5.75 Å². The van der Waals surface area contributed by atoms with Crippen LogP contribution < -0.4 is 20.3 Å². The first-order chi connectivity index (χ1) is 11.1. The molecule has 2 amide bonds. The second-order valence-corrected chi connectivity index (χ2v) is 6.79. The third kappa shape index (κ3) is 4.62. The van der Waals surface area contributed by atoms with Crippen molar-refractivity contribution in [2.24, 2.45) is 5.92 Å². The second-order valence-electron chi connectivity index (χ2n) is 5.88. The van der Waals surface area contributed by atoms with Gasteiger partial charge in [0.1, 0.15) is 12.3 Å². The first-order valence-electron chi connectivity index (χ1n) is 7.83. The van der Waals surface area contributed by atoms with E-state index in [-0.39, 0.29) is 37.4 Å². The molecule has 1 unspecified atom stereocenters. The van der Waals surface area contributed by atoms with Crippen molar-refractivity contribution in [2.75, 3.05) is 37.7 Å². The molecule has 1 atom stereocenters. The Morgan fingerprint density at radius 1 is 1.46 bits per heavy atom. The highest BCUT2D eigenvalue weighted by Gasteiger charge is 2.27. The van der Waals surface area contributed by atoms with Crippen molar-refractivity contribution in [3.63, 3.8) is 0 Å². The second kappa shape index (κ2) is 8.69. The lowest BCUT2D eigenvalue weighted by Crippen LogP contribution is -2.45. The molecule has 1 aromatic rings. The lowest BCUT2D eigenvalue weighted by Gasteiger charge is -2.29. The van der Waals surface area contributed by atoms with Crippen LogP contribution >= 0.6 is 28.3 Å². The maximum Gasteiger partial charge on any atom is 0.265 e. The fourth-order valence-corrected chi connectivity index (χ4v) is 3.27. The first-order valence-corrected chi connectivity index (χ1v) is 8.63. The van der Waals surface area contributed by atoms with E-state index < -0.39 is 0 Å². The molecule has 2 heterocycles. The summed E-state index contributed by atoms with van der Waals surface area (Å²) in [5, 5.41) is 6.22. The minimum atomic E-state index is -0.199. The topological polar surface area (TPSA) is 70.7 Å². The van der Waals surface area contributed by atoms with E-state index in [1.54, 1.807) is 12.1 Å². The van der Waals surface area contributed by atoms with Crippen molar-refractivity contribution in [2.45, 2.75) is 12.8 Å². The molecule has 0 bridgehead atoms. The Balaban J connectivity index is 0.00000208. The number of hydrogen-bond acceptors (Lipinski definition) is 4. The first kappa shape index (κ1) is 19.0. The summed E-state index contributed by atoms with van der Waals surface area (Å²) in [5.74, 6) is 0.914. The Bertz CT molecular complexity index is 608. The molecule has 8 heteroatoms. The molecule has 0 spiro atoms. The van der Waals surface area contributed by atoms with E-state index in [0.29, 0.717) is 23.9 Å². The number of nitrogens with one attached hydrogen (secondary N) is 2. The summed E-state index contributed by atoms with van der Waals surface area (Å²) in [6, 6.07) is 5.42. The van der Waals surface area contributed by atoms with Gasteiger partial charge < -0.3 is 15.4 Å². The predicted octanol–water partition coefficient (Wildman–Crippen LogP) is 1.71. The maximum atomic E-state index is 12.1. The molecule has 2 N–H and O–H groups in total. The number of carbonyl (C=O) groups is 2. The highest BCUT2D eigenvalue weighted by atomic mass is 79.9. The van der Waals surface area contributed by atoms with Gasteiger partial charge in [0, 0.05) is 11.0 Å². The van der Waals surface area contributed by atoms with Crippen molar-refractivity contribution in [3.05, 3.63) is 22.7 Å². The number of anilines is 1. The number of hydrogen-bond donors (Lipinski definition) is 2.